The van der Waals surface area contributed by atoms with E-state index in [0.29, 0.717) is 23.5 Å². The maximum atomic E-state index is 13.3. The van der Waals surface area contributed by atoms with E-state index in [4.69, 9.17) is 0 Å². The molecular formula is C21H27FN4O. The Hall–Kier alpha value is -2.86. The predicted molar refractivity (Wildman–Crippen MR) is 108 cm³/mol. The number of aryl methyl sites for hydroxylation is 2. The van der Waals surface area contributed by atoms with E-state index in [2.05, 4.69) is 16.5 Å². The molecule has 6 heteroatoms. The largest absolute Gasteiger partial charge is 0.344 e. The van der Waals surface area contributed by atoms with Crippen LogP contribution in [0.25, 0.3) is 11.2 Å². The summed E-state index contributed by atoms with van der Waals surface area (Å²) in [7, 11) is 0. The van der Waals surface area contributed by atoms with Crippen molar-refractivity contribution >= 4 is 17.0 Å². The van der Waals surface area contributed by atoms with Crippen LogP contribution in [-0.4, -0.2) is 20.2 Å². The molecule has 2 heterocycles. The van der Waals surface area contributed by atoms with Crippen LogP contribution in [0.1, 0.15) is 54.8 Å². The molecule has 3 aromatic rings. The van der Waals surface area contributed by atoms with Gasteiger partial charge in [0, 0.05) is 12.6 Å². The first-order valence-corrected chi connectivity index (χ1v) is 8.75. The van der Waals surface area contributed by atoms with E-state index in [1.807, 2.05) is 43.5 Å². The summed E-state index contributed by atoms with van der Waals surface area (Å²) in [6.07, 6.45) is 2.64. The van der Waals surface area contributed by atoms with Gasteiger partial charge in [-0.3, -0.25) is 9.20 Å². The average molecular weight is 370 g/mol. The molecule has 3 rings (SSSR count). The van der Waals surface area contributed by atoms with Gasteiger partial charge in [-0.2, -0.15) is 0 Å². The van der Waals surface area contributed by atoms with Crippen molar-refractivity contribution in [1.82, 2.24) is 20.5 Å². The SMILES string of the molecule is C=C(C)c1nc(C(=O)CCc2ccc(F)c(C)c2)nc2cccn12.CC.N. The van der Waals surface area contributed by atoms with Crippen molar-refractivity contribution in [2.75, 3.05) is 0 Å². The van der Waals surface area contributed by atoms with Crippen LogP contribution in [0.5, 0.6) is 0 Å². The van der Waals surface area contributed by atoms with E-state index in [1.54, 1.807) is 19.1 Å². The number of Topliss-reactive ketones (excluding diaryl/α,β-unsaturated/α-hetero) is 1. The van der Waals surface area contributed by atoms with Crippen molar-refractivity contribution in [3.8, 4) is 0 Å². The molecule has 0 spiro atoms. The Bertz CT molecular complexity index is 947. The van der Waals surface area contributed by atoms with Crippen molar-refractivity contribution in [2.45, 2.75) is 40.5 Å². The van der Waals surface area contributed by atoms with Crippen LogP contribution in [-0.2, 0) is 6.42 Å². The van der Waals surface area contributed by atoms with E-state index >= 15 is 0 Å². The van der Waals surface area contributed by atoms with Gasteiger partial charge in [-0.1, -0.05) is 32.6 Å². The highest BCUT2D eigenvalue weighted by molar-refractivity contribution is 5.93. The molecular weight excluding hydrogens is 343 g/mol. The van der Waals surface area contributed by atoms with E-state index in [1.165, 1.54) is 6.07 Å². The fraction of sp³-hybridized carbons (Fsp3) is 0.286. The molecule has 0 saturated carbocycles. The second-order valence-corrected chi connectivity index (χ2v) is 5.89. The standard InChI is InChI=1S/C19H18FN3O.C2H6.H3N/c1-12(2)19-22-18(21-17-5-4-10-23(17)19)16(24)9-7-14-6-8-15(20)13(3)11-14;1-2;/h4-6,8,10-11H,1,7,9H2,2-3H3;1-2H3;1H3. The molecule has 0 aliphatic rings. The summed E-state index contributed by atoms with van der Waals surface area (Å²) in [5.74, 6) is 0.449. The Morgan fingerprint density at radius 3 is 2.56 bits per heavy atom. The molecule has 1 aromatic carbocycles. The quantitative estimate of drug-likeness (QED) is 0.625. The minimum absolute atomic E-state index is 0. The van der Waals surface area contributed by atoms with Crippen LogP contribution < -0.4 is 6.15 Å². The van der Waals surface area contributed by atoms with Gasteiger partial charge >= 0.3 is 0 Å². The molecule has 0 radical (unpaired) electrons. The van der Waals surface area contributed by atoms with Crippen molar-refractivity contribution in [1.29, 1.82) is 0 Å². The minimum Gasteiger partial charge on any atom is -0.344 e. The zero-order valence-corrected chi connectivity index (χ0v) is 16.4. The lowest BCUT2D eigenvalue weighted by Gasteiger charge is -2.07. The predicted octanol–water partition coefficient (Wildman–Crippen LogP) is 5.21. The van der Waals surface area contributed by atoms with Crippen molar-refractivity contribution in [3.05, 3.63) is 71.7 Å². The highest BCUT2D eigenvalue weighted by Gasteiger charge is 2.14. The minimum atomic E-state index is -0.238. The zero-order chi connectivity index (χ0) is 19.3. The number of hydrogen-bond acceptors (Lipinski definition) is 4. The molecule has 0 amide bonds. The third kappa shape index (κ3) is 5.08. The van der Waals surface area contributed by atoms with Gasteiger partial charge in [0.25, 0.3) is 0 Å². The van der Waals surface area contributed by atoms with Gasteiger partial charge in [0.15, 0.2) is 5.82 Å². The summed E-state index contributed by atoms with van der Waals surface area (Å²) in [4.78, 5) is 21.2. The molecule has 0 aliphatic heterocycles. The normalized spacial score (nSPS) is 9.96. The first-order chi connectivity index (χ1) is 12.5. The van der Waals surface area contributed by atoms with Crippen LogP contribution in [0.4, 0.5) is 4.39 Å². The summed E-state index contributed by atoms with van der Waals surface area (Å²) in [5.41, 5.74) is 2.94. The summed E-state index contributed by atoms with van der Waals surface area (Å²) in [5, 5.41) is 0. The Morgan fingerprint density at radius 1 is 1.22 bits per heavy atom. The van der Waals surface area contributed by atoms with Gasteiger partial charge in [-0.25, -0.2) is 14.4 Å². The number of ketones is 1. The second kappa shape index (κ2) is 9.73. The number of carbonyl (C=O) groups is 1. The van der Waals surface area contributed by atoms with Crippen LogP contribution in [0.2, 0.25) is 0 Å². The van der Waals surface area contributed by atoms with Gasteiger partial charge in [0.1, 0.15) is 17.3 Å². The Balaban J connectivity index is 0.00000118. The number of fused-ring (bicyclic) bond motifs is 1. The third-order valence-electron chi connectivity index (χ3n) is 3.88. The van der Waals surface area contributed by atoms with E-state index in [0.717, 1.165) is 11.1 Å². The smallest absolute Gasteiger partial charge is 0.200 e. The van der Waals surface area contributed by atoms with Crippen LogP contribution in [0.3, 0.4) is 0 Å². The van der Waals surface area contributed by atoms with E-state index < -0.39 is 0 Å². The van der Waals surface area contributed by atoms with Crippen molar-refractivity contribution in [3.63, 3.8) is 0 Å². The summed E-state index contributed by atoms with van der Waals surface area (Å²) >= 11 is 0. The molecule has 27 heavy (non-hydrogen) atoms. The van der Waals surface area contributed by atoms with Crippen LogP contribution >= 0.6 is 0 Å². The summed E-state index contributed by atoms with van der Waals surface area (Å²) < 4.78 is 15.1. The first-order valence-electron chi connectivity index (χ1n) is 8.75. The number of hydrogen-bond donors (Lipinski definition) is 1. The second-order valence-electron chi connectivity index (χ2n) is 5.89. The van der Waals surface area contributed by atoms with E-state index in [-0.39, 0.29) is 30.0 Å². The molecule has 0 aliphatic carbocycles. The lowest BCUT2D eigenvalue weighted by Crippen LogP contribution is -2.11. The molecule has 144 valence electrons. The fourth-order valence-corrected chi connectivity index (χ4v) is 2.59. The topological polar surface area (TPSA) is 82.3 Å². The number of rotatable bonds is 5. The highest BCUT2D eigenvalue weighted by Crippen LogP contribution is 2.15. The van der Waals surface area contributed by atoms with Gasteiger partial charge < -0.3 is 6.15 Å². The molecule has 5 nitrogen and oxygen atoms in total. The number of allylic oxidation sites excluding steroid dienone is 1. The number of benzene rings is 1. The Labute approximate surface area is 159 Å². The maximum Gasteiger partial charge on any atom is 0.200 e. The Kier molecular flexibility index (Phi) is 7.99. The van der Waals surface area contributed by atoms with Gasteiger partial charge in [0.2, 0.25) is 5.78 Å². The molecule has 0 atom stereocenters. The molecule has 2 aromatic heterocycles. The molecule has 3 N–H and O–H groups in total. The lowest BCUT2D eigenvalue weighted by molar-refractivity contribution is 0.0972. The zero-order valence-electron chi connectivity index (χ0n) is 16.4. The first kappa shape index (κ1) is 22.2. The van der Waals surface area contributed by atoms with E-state index in [9.17, 15) is 9.18 Å². The number of nitrogens with zero attached hydrogens (tertiary/aromatic N) is 3. The van der Waals surface area contributed by atoms with Gasteiger partial charge in [-0.15, -0.1) is 0 Å². The molecule has 0 bridgehead atoms. The highest BCUT2D eigenvalue weighted by atomic mass is 19.1. The number of carbonyl (C=O) groups excluding carboxylic acids is 1. The molecule has 0 fully saturated rings. The number of halogens is 1. The Morgan fingerprint density at radius 2 is 1.93 bits per heavy atom. The lowest BCUT2D eigenvalue weighted by atomic mass is 10.0. The van der Waals surface area contributed by atoms with Crippen molar-refractivity contribution < 1.29 is 9.18 Å². The van der Waals surface area contributed by atoms with Gasteiger partial charge in [0.05, 0.1) is 0 Å². The number of aromatic nitrogens is 3. The van der Waals surface area contributed by atoms with Crippen molar-refractivity contribution in [2.24, 2.45) is 0 Å². The van der Waals surface area contributed by atoms with Crippen LogP contribution in [0.15, 0.2) is 43.1 Å². The summed E-state index contributed by atoms with van der Waals surface area (Å²) in [6.45, 7) is 11.5. The molecule has 0 saturated heterocycles. The summed E-state index contributed by atoms with van der Waals surface area (Å²) in [6, 6.07) is 8.57. The van der Waals surface area contributed by atoms with Gasteiger partial charge in [-0.05, 0) is 55.2 Å². The molecule has 0 unspecified atom stereocenters. The maximum absolute atomic E-state index is 13.3. The monoisotopic (exact) mass is 370 g/mol. The third-order valence-corrected chi connectivity index (χ3v) is 3.88. The average Bonchev–Trinajstić information content (AvgIpc) is 3.11. The van der Waals surface area contributed by atoms with Crippen LogP contribution in [0, 0.1) is 12.7 Å². The fourth-order valence-electron chi connectivity index (χ4n) is 2.59.